The summed E-state index contributed by atoms with van der Waals surface area (Å²) in [7, 11) is 0. The molecule has 0 bridgehead atoms. The second kappa shape index (κ2) is 8.81. The molecule has 5 heteroatoms. The van der Waals surface area contributed by atoms with Crippen molar-refractivity contribution >= 4 is 28.3 Å². The van der Waals surface area contributed by atoms with Crippen LogP contribution in [0.2, 0.25) is 0 Å². The molecule has 0 aliphatic heterocycles. The Balaban J connectivity index is 1.60. The lowest BCUT2D eigenvalue weighted by atomic mass is 10.2. The molecule has 3 aromatic rings. The van der Waals surface area contributed by atoms with Crippen LogP contribution in [0.3, 0.4) is 0 Å². The number of rotatable bonds is 9. The zero-order valence-corrected chi connectivity index (χ0v) is 15.5. The summed E-state index contributed by atoms with van der Waals surface area (Å²) >= 11 is 1.47. The summed E-state index contributed by atoms with van der Waals surface area (Å²) < 4.78 is 2.35. The van der Waals surface area contributed by atoms with Gasteiger partial charge in [0, 0.05) is 19.5 Å². The van der Waals surface area contributed by atoms with Crippen molar-refractivity contribution in [3.05, 3.63) is 52.5 Å². The second-order valence-corrected chi connectivity index (χ2v) is 7.16. The van der Waals surface area contributed by atoms with E-state index in [1.54, 1.807) is 0 Å². The Morgan fingerprint density at radius 1 is 1.16 bits per heavy atom. The third kappa shape index (κ3) is 4.48. The largest absolute Gasteiger partial charge is 0.351 e. The van der Waals surface area contributed by atoms with E-state index in [1.165, 1.54) is 36.1 Å². The summed E-state index contributed by atoms with van der Waals surface area (Å²) in [5.41, 5.74) is 2.29. The van der Waals surface area contributed by atoms with Gasteiger partial charge in [-0.25, -0.2) is 4.98 Å². The minimum atomic E-state index is 0.0199. The molecule has 1 aromatic carbocycles. The fraction of sp³-hybridized carbons (Fsp3) is 0.400. The van der Waals surface area contributed by atoms with E-state index in [2.05, 4.69) is 35.0 Å². The van der Waals surface area contributed by atoms with E-state index in [9.17, 15) is 4.79 Å². The Morgan fingerprint density at radius 2 is 2.04 bits per heavy atom. The van der Waals surface area contributed by atoms with E-state index in [0.717, 1.165) is 35.6 Å². The minimum absolute atomic E-state index is 0.0199. The molecule has 132 valence electrons. The number of para-hydroxylation sites is 2. The topological polar surface area (TPSA) is 46.9 Å². The molecule has 3 rings (SSSR count). The highest BCUT2D eigenvalue weighted by molar-refractivity contribution is 7.12. The number of carbonyl (C=O) groups excluding carboxylic acids is 1. The number of thiophene rings is 1. The number of aryl methyl sites for hydroxylation is 2. The van der Waals surface area contributed by atoms with E-state index in [-0.39, 0.29) is 5.91 Å². The molecule has 0 saturated heterocycles. The van der Waals surface area contributed by atoms with E-state index in [4.69, 9.17) is 4.98 Å². The van der Waals surface area contributed by atoms with Crippen LogP contribution in [0.25, 0.3) is 11.0 Å². The van der Waals surface area contributed by atoms with Crippen LogP contribution in [0.1, 0.15) is 48.1 Å². The molecule has 0 aliphatic rings. The van der Waals surface area contributed by atoms with Crippen LogP contribution in [-0.4, -0.2) is 22.0 Å². The van der Waals surface area contributed by atoms with Gasteiger partial charge in [0.15, 0.2) is 0 Å². The van der Waals surface area contributed by atoms with Crippen molar-refractivity contribution in [2.24, 2.45) is 0 Å². The van der Waals surface area contributed by atoms with Gasteiger partial charge in [0.05, 0.1) is 15.9 Å². The van der Waals surface area contributed by atoms with Gasteiger partial charge in [-0.15, -0.1) is 11.3 Å². The molecule has 0 aliphatic carbocycles. The molecule has 1 N–H and O–H groups in total. The van der Waals surface area contributed by atoms with Gasteiger partial charge in [-0.05, 0) is 36.4 Å². The lowest BCUT2D eigenvalue weighted by Gasteiger charge is -2.09. The summed E-state index contributed by atoms with van der Waals surface area (Å²) in [5, 5.41) is 4.92. The first kappa shape index (κ1) is 17.7. The van der Waals surface area contributed by atoms with Crippen LogP contribution in [-0.2, 0) is 13.0 Å². The maximum absolute atomic E-state index is 12.0. The number of nitrogens with one attached hydrogen (secondary N) is 1. The lowest BCUT2D eigenvalue weighted by Crippen LogP contribution is -2.24. The summed E-state index contributed by atoms with van der Waals surface area (Å²) in [6.07, 6.45) is 5.41. The van der Waals surface area contributed by atoms with Gasteiger partial charge in [0.2, 0.25) is 0 Å². The first-order valence-electron chi connectivity index (χ1n) is 9.05. The van der Waals surface area contributed by atoms with Crippen molar-refractivity contribution in [3.63, 3.8) is 0 Å². The second-order valence-electron chi connectivity index (χ2n) is 6.21. The average Bonchev–Trinajstić information content (AvgIpc) is 3.27. The van der Waals surface area contributed by atoms with Gasteiger partial charge in [-0.3, -0.25) is 4.79 Å². The first-order chi connectivity index (χ1) is 12.3. The SMILES string of the molecule is CCCCCn1c(CCCNC(=O)c2cccs2)nc2ccccc21. The van der Waals surface area contributed by atoms with Gasteiger partial charge >= 0.3 is 0 Å². The molecular weight excluding hydrogens is 330 g/mol. The fourth-order valence-electron chi connectivity index (χ4n) is 3.03. The van der Waals surface area contributed by atoms with E-state index >= 15 is 0 Å². The fourth-order valence-corrected chi connectivity index (χ4v) is 3.67. The molecule has 0 atom stereocenters. The highest BCUT2D eigenvalue weighted by Gasteiger charge is 2.10. The molecule has 0 spiro atoms. The summed E-state index contributed by atoms with van der Waals surface area (Å²) in [5.74, 6) is 1.15. The van der Waals surface area contributed by atoms with Crippen molar-refractivity contribution in [2.75, 3.05) is 6.54 Å². The van der Waals surface area contributed by atoms with Gasteiger partial charge in [0.25, 0.3) is 5.91 Å². The third-order valence-electron chi connectivity index (χ3n) is 4.33. The number of hydrogen-bond acceptors (Lipinski definition) is 3. The minimum Gasteiger partial charge on any atom is -0.351 e. The quantitative estimate of drug-likeness (QED) is 0.568. The van der Waals surface area contributed by atoms with E-state index in [0.29, 0.717) is 6.54 Å². The van der Waals surface area contributed by atoms with Crippen LogP contribution in [0, 0.1) is 0 Å². The number of carbonyl (C=O) groups is 1. The van der Waals surface area contributed by atoms with E-state index in [1.807, 2.05) is 23.6 Å². The predicted octanol–water partition coefficient (Wildman–Crippen LogP) is 4.65. The van der Waals surface area contributed by atoms with Crippen molar-refractivity contribution in [1.82, 2.24) is 14.9 Å². The van der Waals surface area contributed by atoms with Crippen LogP contribution in [0.5, 0.6) is 0 Å². The summed E-state index contributed by atoms with van der Waals surface area (Å²) in [6.45, 7) is 3.92. The number of benzene rings is 1. The Kier molecular flexibility index (Phi) is 6.23. The van der Waals surface area contributed by atoms with Gasteiger partial charge < -0.3 is 9.88 Å². The zero-order valence-electron chi connectivity index (χ0n) is 14.7. The Bertz CT molecular complexity index is 808. The maximum Gasteiger partial charge on any atom is 0.261 e. The first-order valence-corrected chi connectivity index (χ1v) is 9.93. The van der Waals surface area contributed by atoms with Crippen molar-refractivity contribution in [1.29, 1.82) is 0 Å². The number of amides is 1. The predicted molar refractivity (Wildman–Crippen MR) is 104 cm³/mol. The van der Waals surface area contributed by atoms with Gasteiger partial charge in [0.1, 0.15) is 5.82 Å². The van der Waals surface area contributed by atoms with Crippen LogP contribution >= 0.6 is 11.3 Å². The molecule has 0 fully saturated rings. The normalized spacial score (nSPS) is 11.1. The van der Waals surface area contributed by atoms with Crippen LogP contribution < -0.4 is 5.32 Å². The molecule has 0 radical (unpaired) electrons. The molecule has 25 heavy (non-hydrogen) atoms. The molecular formula is C20H25N3OS. The summed E-state index contributed by atoms with van der Waals surface area (Å²) in [4.78, 5) is 17.6. The molecule has 0 unspecified atom stereocenters. The maximum atomic E-state index is 12.0. The van der Waals surface area contributed by atoms with Crippen molar-refractivity contribution < 1.29 is 4.79 Å². The highest BCUT2D eigenvalue weighted by atomic mass is 32.1. The zero-order chi connectivity index (χ0) is 17.5. The number of nitrogens with zero attached hydrogens (tertiary/aromatic N) is 2. The molecule has 1 amide bonds. The third-order valence-corrected chi connectivity index (χ3v) is 5.20. The van der Waals surface area contributed by atoms with Crippen molar-refractivity contribution in [3.8, 4) is 0 Å². The number of imidazole rings is 1. The Labute approximate surface area is 152 Å². The number of fused-ring (bicyclic) bond motifs is 1. The number of hydrogen-bond donors (Lipinski definition) is 1. The lowest BCUT2D eigenvalue weighted by molar-refractivity contribution is 0.0957. The van der Waals surface area contributed by atoms with E-state index < -0.39 is 0 Å². The Morgan fingerprint density at radius 3 is 2.84 bits per heavy atom. The number of unbranched alkanes of at least 4 members (excludes halogenated alkanes) is 2. The Hall–Kier alpha value is -2.14. The molecule has 2 heterocycles. The summed E-state index contributed by atoms with van der Waals surface area (Å²) in [6, 6.07) is 12.1. The van der Waals surface area contributed by atoms with Gasteiger partial charge in [-0.1, -0.05) is 38.0 Å². The molecule has 4 nitrogen and oxygen atoms in total. The monoisotopic (exact) mass is 355 g/mol. The van der Waals surface area contributed by atoms with Crippen LogP contribution in [0.4, 0.5) is 0 Å². The standard InChI is InChI=1S/C20H25N3OS/c1-2-3-6-14-23-17-10-5-4-9-16(17)22-19(23)12-7-13-21-20(24)18-11-8-15-25-18/h4-5,8-11,15H,2-3,6-7,12-14H2,1H3,(H,21,24). The van der Waals surface area contributed by atoms with Crippen LogP contribution in [0.15, 0.2) is 41.8 Å². The molecule has 0 saturated carbocycles. The molecule has 2 aromatic heterocycles. The smallest absolute Gasteiger partial charge is 0.261 e. The van der Waals surface area contributed by atoms with Crippen molar-refractivity contribution in [2.45, 2.75) is 45.6 Å². The average molecular weight is 356 g/mol. The number of aromatic nitrogens is 2. The highest BCUT2D eigenvalue weighted by Crippen LogP contribution is 2.18. The van der Waals surface area contributed by atoms with Gasteiger partial charge in [-0.2, -0.15) is 0 Å².